The van der Waals surface area contributed by atoms with E-state index in [2.05, 4.69) is 15.4 Å². The summed E-state index contributed by atoms with van der Waals surface area (Å²) in [5.74, 6) is 1.38. The van der Waals surface area contributed by atoms with Gasteiger partial charge in [0.1, 0.15) is 11.6 Å². The summed E-state index contributed by atoms with van der Waals surface area (Å²) in [6, 6.07) is 9.45. The van der Waals surface area contributed by atoms with Gasteiger partial charge < -0.3 is 5.32 Å². The van der Waals surface area contributed by atoms with Crippen molar-refractivity contribution in [3.05, 3.63) is 42.0 Å². The molecule has 1 aromatic heterocycles. The zero-order valence-electron chi connectivity index (χ0n) is 11.4. The molecule has 0 fully saturated rings. The number of para-hydroxylation sites is 1. The Morgan fingerprint density at radius 3 is 2.58 bits per heavy atom. The van der Waals surface area contributed by atoms with E-state index in [9.17, 15) is 4.79 Å². The highest BCUT2D eigenvalue weighted by atomic mass is 16.1. The number of nitrogens with zero attached hydrogens (tertiary/aromatic N) is 3. The molecule has 2 aromatic rings. The fourth-order valence-corrected chi connectivity index (χ4v) is 1.86. The minimum absolute atomic E-state index is 0.0150. The summed E-state index contributed by atoms with van der Waals surface area (Å²) in [6.07, 6.45) is 0. The average molecular weight is 258 g/mol. The van der Waals surface area contributed by atoms with Crippen LogP contribution in [0.2, 0.25) is 0 Å². The Morgan fingerprint density at radius 2 is 2.00 bits per heavy atom. The molecule has 0 radical (unpaired) electrons. The van der Waals surface area contributed by atoms with Crippen LogP contribution in [0.4, 0.5) is 5.69 Å². The van der Waals surface area contributed by atoms with Gasteiger partial charge in [-0.25, -0.2) is 9.67 Å². The van der Waals surface area contributed by atoms with Gasteiger partial charge in [0.15, 0.2) is 0 Å². The molecule has 1 atom stereocenters. The fraction of sp³-hybridized carbons (Fsp3) is 0.357. The van der Waals surface area contributed by atoms with Gasteiger partial charge in [-0.05, 0) is 26.0 Å². The highest BCUT2D eigenvalue weighted by Gasteiger charge is 2.15. The molecule has 1 amide bonds. The molecule has 1 aromatic carbocycles. The van der Waals surface area contributed by atoms with E-state index in [4.69, 9.17) is 0 Å². The molecular weight excluding hydrogens is 240 g/mol. The third kappa shape index (κ3) is 3.40. The first-order chi connectivity index (χ1) is 9.06. The molecule has 0 aliphatic heterocycles. The maximum Gasteiger partial charge on any atom is 0.229 e. The summed E-state index contributed by atoms with van der Waals surface area (Å²) in [5.41, 5.74) is 0.811. The lowest BCUT2D eigenvalue weighted by Gasteiger charge is -2.12. The van der Waals surface area contributed by atoms with Crippen molar-refractivity contribution in [3.63, 3.8) is 0 Å². The highest BCUT2D eigenvalue weighted by molar-refractivity contribution is 5.92. The lowest BCUT2D eigenvalue weighted by atomic mass is 10.1. The second-order valence-electron chi connectivity index (χ2n) is 4.64. The van der Waals surface area contributed by atoms with Crippen molar-refractivity contribution in [2.45, 2.75) is 27.3 Å². The Morgan fingerprint density at radius 1 is 1.32 bits per heavy atom. The SMILES string of the molecule is Cc1nc(C)n(CC(C)C(=O)Nc2ccccc2)n1. The minimum Gasteiger partial charge on any atom is -0.326 e. The number of benzene rings is 1. The predicted molar refractivity (Wildman–Crippen MR) is 73.7 cm³/mol. The molecule has 0 aliphatic rings. The predicted octanol–water partition coefficient (Wildman–Crippen LogP) is 2.17. The summed E-state index contributed by atoms with van der Waals surface area (Å²) in [6.45, 7) is 6.15. The van der Waals surface area contributed by atoms with Crippen LogP contribution < -0.4 is 5.32 Å². The Kier molecular flexibility index (Phi) is 3.94. The van der Waals surface area contributed by atoms with E-state index in [-0.39, 0.29) is 11.8 Å². The van der Waals surface area contributed by atoms with E-state index in [1.54, 1.807) is 4.68 Å². The minimum atomic E-state index is -0.167. The van der Waals surface area contributed by atoms with Crippen LogP contribution in [0.1, 0.15) is 18.6 Å². The number of rotatable bonds is 4. The second-order valence-corrected chi connectivity index (χ2v) is 4.64. The molecule has 0 spiro atoms. The lowest BCUT2D eigenvalue weighted by molar-refractivity contribution is -0.119. The standard InChI is InChI=1S/C14H18N4O/c1-10(9-18-12(3)15-11(2)17-18)14(19)16-13-7-5-4-6-8-13/h4-8,10H,9H2,1-3H3,(H,16,19). The molecule has 19 heavy (non-hydrogen) atoms. The van der Waals surface area contributed by atoms with E-state index >= 15 is 0 Å². The maximum atomic E-state index is 12.1. The first-order valence-corrected chi connectivity index (χ1v) is 6.30. The van der Waals surface area contributed by atoms with E-state index in [0.717, 1.165) is 17.3 Å². The first kappa shape index (κ1) is 13.3. The maximum absolute atomic E-state index is 12.1. The van der Waals surface area contributed by atoms with E-state index < -0.39 is 0 Å². The molecule has 5 heteroatoms. The van der Waals surface area contributed by atoms with Crippen molar-refractivity contribution in [3.8, 4) is 0 Å². The first-order valence-electron chi connectivity index (χ1n) is 6.30. The second kappa shape index (κ2) is 5.65. The smallest absolute Gasteiger partial charge is 0.229 e. The van der Waals surface area contributed by atoms with Crippen LogP contribution in [-0.4, -0.2) is 20.7 Å². The van der Waals surface area contributed by atoms with E-state index in [1.165, 1.54) is 0 Å². The lowest BCUT2D eigenvalue weighted by Crippen LogP contribution is -2.25. The van der Waals surface area contributed by atoms with E-state index in [1.807, 2.05) is 51.1 Å². The molecule has 1 N–H and O–H groups in total. The van der Waals surface area contributed by atoms with Gasteiger partial charge in [0.25, 0.3) is 0 Å². The van der Waals surface area contributed by atoms with Crippen LogP contribution in [0.5, 0.6) is 0 Å². The molecular formula is C14H18N4O. The Labute approximate surface area is 112 Å². The third-order valence-electron chi connectivity index (χ3n) is 2.90. The van der Waals surface area contributed by atoms with Crippen molar-refractivity contribution in [2.24, 2.45) is 5.92 Å². The molecule has 0 aliphatic carbocycles. The largest absolute Gasteiger partial charge is 0.326 e. The normalized spacial score (nSPS) is 12.2. The van der Waals surface area contributed by atoms with Crippen LogP contribution in [0, 0.1) is 19.8 Å². The zero-order valence-corrected chi connectivity index (χ0v) is 11.4. The van der Waals surface area contributed by atoms with Crippen molar-refractivity contribution >= 4 is 11.6 Å². The van der Waals surface area contributed by atoms with Gasteiger partial charge in [-0.15, -0.1) is 0 Å². The summed E-state index contributed by atoms with van der Waals surface area (Å²) < 4.78 is 1.77. The van der Waals surface area contributed by atoms with Gasteiger partial charge in [-0.1, -0.05) is 25.1 Å². The van der Waals surface area contributed by atoms with Gasteiger partial charge in [0.05, 0.1) is 12.5 Å². The Bertz CT molecular complexity index is 562. The van der Waals surface area contributed by atoms with Gasteiger partial charge in [-0.2, -0.15) is 5.10 Å². The van der Waals surface area contributed by atoms with Crippen molar-refractivity contribution in [1.29, 1.82) is 0 Å². The number of aryl methyl sites for hydroxylation is 2. The zero-order chi connectivity index (χ0) is 13.8. The Balaban J connectivity index is 1.98. The number of aromatic nitrogens is 3. The van der Waals surface area contributed by atoms with Crippen LogP contribution in [0.25, 0.3) is 0 Å². The molecule has 5 nitrogen and oxygen atoms in total. The van der Waals surface area contributed by atoms with Gasteiger partial charge in [-0.3, -0.25) is 4.79 Å². The number of nitrogens with one attached hydrogen (secondary N) is 1. The number of hydrogen-bond acceptors (Lipinski definition) is 3. The van der Waals surface area contributed by atoms with Gasteiger partial charge in [0, 0.05) is 5.69 Å². The van der Waals surface area contributed by atoms with Gasteiger partial charge in [0.2, 0.25) is 5.91 Å². The quantitative estimate of drug-likeness (QED) is 0.914. The van der Waals surface area contributed by atoms with Crippen LogP contribution >= 0.6 is 0 Å². The van der Waals surface area contributed by atoms with Crippen molar-refractivity contribution in [1.82, 2.24) is 14.8 Å². The molecule has 1 heterocycles. The topological polar surface area (TPSA) is 59.8 Å². The molecule has 1 unspecified atom stereocenters. The van der Waals surface area contributed by atoms with Crippen LogP contribution in [0.15, 0.2) is 30.3 Å². The van der Waals surface area contributed by atoms with Crippen LogP contribution in [-0.2, 0) is 11.3 Å². The number of carbonyl (C=O) groups excluding carboxylic acids is 1. The molecule has 0 bridgehead atoms. The number of carbonyl (C=O) groups is 1. The summed E-state index contributed by atoms with van der Waals surface area (Å²) in [4.78, 5) is 16.3. The van der Waals surface area contributed by atoms with Crippen molar-refractivity contribution in [2.75, 3.05) is 5.32 Å². The number of amides is 1. The van der Waals surface area contributed by atoms with Gasteiger partial charge >= 0.3 is 0 Å². The molecule has 2 rings (SSSR count). The van der Waals surface area contributed by atoms with Crippen molar-refractivity contribution < 1.29 is 4.79 Å². The molecule has 0 saturated heterocycles. The summed E-state index contributed by atoms with van der Waals surface area (Å²) in [5, 5.41) is 7.15. The summed E-state index contributed by atoms with van der Waals surface area (Å²) in [7, 11) is 0. The Hall–Kier alpha value is -2.17. The molecule has 0 saturated carbocycles. The number of hydrogen-bond donors (Lipinski definition) is 1. The van der Waals surface area contributed by atoms with Crippen LogP contribution in [0.3, 0.4) is 0 Å². The third-order valence-corrected chi connectivity index (χ3v) is 2.90. The fourth-order valence-electron chi connectivity index (χ4n) is 1.86. The highest BCUT2D eigenvalue weighted by Crippen LogP contribution is 2.09. The average Bonchev–Trinajstić information content (AvgIpc) is 2.69. The summed E-state index contributed by atoms with van der Waals surface area (Å²) >= 11 is 0. The monoisotopic (exact) mass is 258 g/mol. The number of anilines is 1. The molecule has 100 valence electrons. The van der Waals surface area contributed by atoms with E-state index in [0.29, 0.717) is 6.54 Å².